The average Bonchev–Trinajstić information content (AvgIpc) is 2.71. The standard InChI is InChI=1S/C22H30N4O4/c1-4-5-10-25-19(23)18(20(27)24-22(25)29)26(12-14(2)3)21(28)16-11-15-8-6-7-9-17(15)30-13-16/h6-9,14,16H,4-5,10-13,23H2,1-3H3,(H,24,27,29). The van der Waals surface area contributed by atoms with Gasteiger partial charge < -0.3 is 15.4 Å². The van der Waals surface area contributed by atoms with Gasteiger partial charge in [0.05, 0.1) is 5.92 Å². The van der Waals surface area contributed by atoms with Crippen molar-refractivity contribution >= 4 is 17.4 Å². The lowest BCUT2D eigenvalue weighted by Crippen LogP contribution is -2.47. The van der Waals surface area contributed by atoms with Crippen LogP contribution >= 0.6 is 0 Å². The van der Waals surface area contributed by atoms with E-state index >= 15 is 0 Å². The second-order valence-corrected chi connectivity index (χ2v) is 8.16. The molecule has 1 aliphatic heterocycles. The van der Waals surface area contributed by atoms with E-state index in [0.717, 1.165) is 24.2 Å². The third-order valence-corrected chi connectivity index (χ3v) is 5.26. The number of nitrogens with one attached hydrogen (secondary N) is 1. The van der Waals surface area contributed by atoms with Crippen LogP contribution in [0.2, 0.25) is 0 Å². The number of aromatic nitrogens is 2. The summed E-state index contributed by atoms with van der Waals surface area (Å²) >= 11 is 0. The van der Waals surface area contributed by atoms with Crippen molar-refractivity contribution in [2.45, 2.75) is 46.6 Å². The molecule has 0 bridgehead atoms. The summed E-state index contributed by atoms with van der Waals surface area (Å²) in [5.41, 5.74) is 6.07. The van der Waals surface area contributed by atoms with Gasteiger partial charge in [0.1, 0.15) is 18.2 Å². The minimum absolute atomic E-state index is 0.0309. The molecule has 1 aliphatic rings. The van der Waals surface area contributed by atoms with Crippen LogP contribution in [0.1, 0.15) is 39.2 Å². The van der Waals surface area contributed by atoms with Crippen molar-refractivity contribution in [1.82, 2.24) is 9.55 Å². The van der Waals surface area contributed by atoms with Gasteiger partial charge in [0, 0.05) is 13.1 Å². The fraction of sp³-hybridized carbons (Fsp3) is 0.500. The van der Waals surface area contributed by atoms with Crippen LogP contribution in [0.4, 0.5) is 11.5 Å². The van der Waals surface area contributed by atoms with E-state index < -0.39 is 17.2 Å². The molecule has 1 amide bonds. The second kappa shape index (κ2) is 9.19. The number of para-hydroxylation sites is 1. The molecule has 0 spiro atoms. The molecule has 0 radical (unpaired) electrons. The first-order valence-corrected chi connectivity index (χ1v) is 10.5. The molecule has 1 aromatic carbocycles. The Labute approximate surface area is 175 Å². The summed E-state index contributed by atoms with van der Waals surface area (Å²) in [7, 11) is 0. The fourth-order valence-electron chi connectivity index (χ4n) is 3.74. The van der Waals surface area contributed by atoms with Crippen molar-refractivity contribution in [2.75, 3.05) is 23.8 Å². The minimum atomic E-state index is -0.642. The van der Waals surface area contributed by atoms with Crippen molar-refractivity contribution in [2.24, 2.45) is 11.8 Å². The molecule has 8 heteroatoms. The molecular formula is C22H30N4O4. The minimum Gasteiger partial charge on any atom is -0.492 e. The number of hydrogen-bond donors (Lipinski definition) is 2. The summed E-state index contributed by atoms with van der Waals surface area (Å²) in [6.07, 6.45) is 2.13. The zero-order valence-electron chi connectivity index (χ0n) is 17.8. The first-order chi connectivity index (χ1) is 14.3. The van der Waals surface area contributed by atoms with Gasteiger partial charge in [-0.1, -0.05) is 45.4 Å². The first-order valence-electron chi connectivity index (χ1n) is 10.5. The molecule has 1 aromatic heterocycles. The Morgan fingerprint density at radius 3 is 2.77 bits per heavy atom. The predicted octanol–water partition coefficient (Wildman–Crippen LogP) is 2.16. The molecule has 8 nitrogen and oxygen atoms in total. The zero-order valence-corrected chi connectivity index (χ0v) is 17.8. The topological polar surface area (TPSA) is 110 Å². The fourth-order valence-corrected chi connectivity index (χ4v) is 3.74. The Morgan fingerprint density at radius 2 is 2.07 bits per heavy atom. The molecule has 0 aliphatic carbocycles. The predicted molar refractivity (Wildman–Crippen MR) is 117 cm³/mol. The lowest BCUT2D eigenvalue weighted by molar-refractivity contribution is -0.123. The van der Waals surface area contributed by atoms with Crippen LogP contribution in [0.25, 0.3) is 0 Å². The van der Waals surface area contributed by atoms with Crippen molar-refractivity contribution < 1.29 is 9.53 Å². The number of carbonyl (C=O) groups is 1. The van der Waals surface area contributed by atoms with E-state index in [0.29, 0.717) is 19.5 Å². The van der Waals surface area contributed by atoms with E-state index in [1.807, 2.05) is 45.0 Å². The quantitative estimate of drug-likeness (QED) is 0.721. The third kappa shape index (κ3) is 4.42. The van der Waals surface area contributed by atoms with Crippen LogP contribution in [-0.4, -0.2) is 28.6 Å². The highest BCUT2D eigenvalue weighted by molar-refractivity contribution is 5.97. The number of carbonyl (C=O) groups excluding carboxylic acids is 1. The number of H-pyrrole nitrogens is 1. The maximum atomic E-state index is 13.5. The molecule has 30 heavy (non-hydrogen) atoms. The molecule has 1 atom stereocenters. The number of nitrogen functional groups attached to an aromatic ring is 1. The lowest BCUT2D eigenvalue weighted by Gasteiger charge is -2.31. The van der Waals surface area contributed by atoms with Crippen LogP contribution < -0.4 is 26.6 Å². The Kier molecular flexibility index (Phi) is 6.64. The zero-order chi connectivity index (χ0) is 21.8. The highest BCUT2D eigenvalue weighted by Crippen LogP contribution is 2.29. The van der Waals surface area contributed by atoms with E-state index in [4.69, 9.17) is 10.5 Å². The number of hydrogen-bond acceptors (Lipinski definition) is 5. The second-order valence-electron chi connectivity index (χ2n) is 8.16. The SMILES string of the molecule is CCCCn1c(N)c(N(CC(C)C)C(=O)C2COc3ccccc3C2)c(=O)[nH]c1=O. The Balaban J connectivity index is 2.00. The molecule has 3 N–H and O–H groups in total. The number of anilines is 2. The van der Waals surface area contributed by atoms with E-state index in [2.05, 4.69) is 4.98 Å². The van der Waals surface area contributed by atoms with Crippen molar-refractivity contribution in [1.29, 1.82) is 0 Å². The largest absolute Gasteiger partial charge is 0.492 e. The summed E-state index contributed by atoms with van der Waals surface area (Å²) in [6.45, 7) is 6.86. The molecule has 1 unspecified atom stereocenters. The van der Waals surface area contributed by atoms with Gasteiger partial charge in [-0.25, -0.2) is 4.79 Å². The maximum absolute atomic E-state index is 13.5. The number of benzene rings is 1. The monoisotopic (exact) mass is 414 g/mol. The van der Waals surface area contributed by atoms with Crippen LogP contribution in [-0.2, 0) is 17.8 Å². The molecule has 162 valence electrons. The summed E-state index contributed by atoms with van der Waals surface area (Å²) in [4.78, 5) is 42.3. The van der Waals surface area contributed by atoms with Crippen molar-refractivity contribution in [3.63, 3.8) is 0 Å². The summed E-state index contributed by atoms with van der Waals surface area (Å²) < 4.78 is 7.13. The summed E-state index contributed by atoms with van der Waals surface area (Å²) in [5, 5.41) is 0. The van der Waals surface area contributed by atoms with Crippen LogP contribution in [0, 0.1) is 11.8 Å². The van der Waals surface area contributed by atoms with Gasteiger partial charge in [0.2, 0.25) is 5.91 Å². The molecule has 2 heterocycles. The van der Waals surface area contributed by atoms with Gasteiger partial charge in [-0.05, 0) is 30.4 Å². The Hall–Kier alpha value is -3.03. The number of nitrogens with zero attached hydrogens (tertiary/aromatic N) is 2. The normalized spacial score (nSPS) is 15.5. The highest BCUT2D eigenvalue weighted by Gasteiger charge is 2.33. The number of rotatable bonds is 7. The van der Waals surface area contributed by atoms with Gasteiger partial charge in [0.25, 0.3) is 5.56 Å². The van der Waals surface area contributed by atoms with Crippen molar-refractivity contribution in [3.05, 3.63) is 50.7 Å². The molecule has 0 saturated carbocycles. The molecule has 0 saturated heterocycles. The van der Waals surface area contributed by atoms with Gasteiger partial charge in [-0.3, -0.25) is 19.1 Å². The molecular weight excluding hydrogens is 384 g/mol. The van der Waals surface area contributed by atoms with Crippen LogP contribution in [0.3, 0.4) is 0 Å². The van der Waals surface area contributed by atoms with Gasteiger partial charge in [0.15, 0.2) is 5.69 Å². The van der Waals surface area contributed by atoms with Gasteiger partial charge in [-0.2, -0.15) is 0 Å². The van der Waals surface area contributed by atoms with E-state index in [1.54, 1.807) is 0 Å². The van der Waals surface area contributed by atoms with E-state index in [1.165, 1.54) is 9.47 Å². The number of unbranched alkanes of at least 4 members (excludes halogenated alkanes) is 1. The molecule has 2 aromatic rings. The average molecular weight is 415 g/mol. The van der Waals surface area contributed by atoms with Crippen LogP contribution in [0.5, 0.6) is 5.75 Å². The number of ether oxygens (including phenoxy) is 1. The van der Waals surface area contributed by atoms with Crippen LogP contribution in [0.15, 0.2) is 33.9 Å². The first kappa shape index (κ1) is 21.7. The smallest absolute Gasteiger partial charge is 0.330 e. The third-order valence-electron chi connectivity index (χ3n) is 5.26. The van der Waals surface area contributed by atoms with Gasteiger partial charge >= 0.3 is 5.69 Å². The molecule has 0 fully saturated rings. The van der Waals surface area contributed by atoms with Gasteiger partial charge in [-0.15, -0.1) is 0 Å². The van der Waals surface area contributed by atoms with Crippen molar-refractivity contribution in [3.8, 4) is 5.75 Å². The number of amides is 1. The maximum Gasteiger partial charge on any atom is 0.330 e. The number of aromatic amines is 1. The number of nitrogens with two attached hydrogens (primary N) is 1. The number of fused-ring (bicyclic) bond motifs is 1. The summed E-state index contributed by atoms with van der Waals surface area (Å²) in [6, 6.07) is 7.63. The summed E-state index contributed by atoms with van der Waals surface area (Å²) in [5.74, 6) is 0.246. The Bertz CT molecular complexity index is 1020. The lowest BCUT2D eigenvalue weighted by atomic mass is 9.95. The van der Waals surface area contributed by atoms with E-state index in [-0.39, 0.29) is 29.9 Å². The molecule has 3 rings (SSSR count). The Morgan fingerprint density at radius 1 is 1.33 bits per heavy atom. The highest BCUT2D eigenvalue weighted by atomic mass is 16.5. The van der Waals surface area contributed by atoms with E-state index in [9.17, 15) is 14.4 Å².